The van der Waals surface area contributed by atoms with Crippen molar-refractivity contribution < 1.29 is 8.42 Å². The van der Waals surface area contributed by atoms with Gasteiger partial charge in [0.2, 0.25) is 0 Å². The Balaban J connectivity index is 1.89. The number of nitrogens with one attached hydrogen (secondary N) is 2. The highest BCUT2D eigenvalue weighted by Gasteiger charge is 2.20. The van der Waals surface area contributed by atoms with Gasteiger partial charge >= 0.3 is 0 Å². The highest BCUT2D eigenvalue weighted by molar-refractivity contribution is 7.99. The van der Waals surface area contributed by atoms with Crippen LogP contribution in [0.3, 0.4) is 0 Å². The second kappa shape index (κ2) is 8.12. The maximum atomic E-state index is 12.2. The second-order valence-electron chi connectivity index (χ2n) is 5.26. The van der Waals surface area contributed by atoms with Gasteiger partial charge in [-0.15, -0.1) is 0 Å². The summed E-state index contributed by atoms with van der Waals surface area (Å²) in [6, 6.07) is 3.39. The van der Waals surface area contributed by atoms with Crippen molar-refractivity contribution >= 4 is 21.8 Å². The maximum absolute atomic E-state index is 12.2. The van der Waals surface area contributed by atoms with Crippen LogP contribution in [0.15, 0.2) is 23.4 Å². The first kappa shape index (κ1) is 16.7. The van der Waals surface area contributed by atoms with Crippen LogP contribution in [0.4, 0.5) is 0 Å². The van der Waals surface area contributed by atoms with E-state index in [0.29, 0.717) is 19.0 Å². The summed E-state index contributed by atoms with van der Waals surface area (Å²) in [5, 5.41) is 3.37. The van der Waals surface area contributed by atoms with Crippen LogP contribution in [0.1, 0.15) is 25.3 Å². The lowest BCUT2D eigenvalue weighted by molar-refractivity contribution is 0.543. The van der Waals surface area contributed by atoms with Crippen LogP contribution >= 0.6 is 11.8 Å². The molecule has 1 unspecified atom stereocenters. The van der Waals surface area contributed by atoms with E-state index < -0.39 is 10.0 Å². The van der Waals surface area contributed by atoms with E-state index in [1.165, 1.54) is 0 Å². The fraction of sp³-hybridized carbons (Fsp3) is 0.643. The minimum atomic E-state index is -3.48. The number of rotatable bonds is 8. The molecule has 2 N–H and O–H groups in total. The van der Waals surface area contributed by atoms with Gasteiger partial charge < -0.3 is 5.32 Å². The highest BCUT2D eigenvalue weighted by Crippen LogP contribution is 2.22. The zero-order valence-electron chi connectivity index (χ0n) is 12.3. The van der Waals surface area contributed by atoms with E-state index in [0.717, 1.165) is 36.5 Å². The Kier molecular flexibility index (Phi) is 6.47. The number of sulfonamides is 1. The molecule has 1 aromatic rings. The molecule has 2 heterocycles. The lowest BCUT2D eigenvalue weighted by atomic mass is 10.1. The van der Waals surface area contributed by atoms with Crippen molar-refractivity contribution in [1.82, 2.24) is 15.0 Å². The van der Waals surface area contributed by atoms with Crippen molar-refractivity contribution in [3.8, 4) is 0 Å². The first-order chi connectivity index (χ1) is 10.1. The summed E-state index contributed by atoms with van der Waals surface area (Å²) in [5.41, 5.74) is 0.995. The lowest BCUT2D eigenvalue weighted by Gasteiger charge is -2.10. The molecule has 2 rings (SSSR count). The Bertz CT molecular complexity index is 526. The van der Waals surface area contributed by atoms with Gasteiger partial charge in [-0.1, -0.05) is 13.0 Å². The molecule has 0 aromatic carbocycles. The van der Waals surface area contributed by atoms with Crippen molar-refractivity contribution in [2.45, 2.75) is 31.3 Å². The Hall–Kier alpha value is -0.630. The number of hydrogen-bond donors (Lipinski definition) is 2. The molecule has 0 amide bonds. The first-order valence-corrected chi connectivity index (χ1v) is 9.98. The van der Waals surface area contributed by atoms with Crippen LogP contribution in [0.2, 0.25) is 0 Å². The third-order valence-electron chi connectivity index (χ3n) is 3.41. The fourth-order valence-corrected chi connectivity index (χ4v) is 4.46. The van der Waals surface area contributed by atoms with Gasteiger partial charge in [-0.25, -0.2) is 18.1 Å². The molecule has 0 bridgehead atoms. The average Bonchev–Trinajstić information content (AvgIpc) is 3.00. The lowest BCUT2D eigenvalue weighted by Crippen LogP contribution is -2.30. The Labute approximate surface area is 131 Å². The Morgan fingerprint density at radius 1 is 1.43 bits per heavy atom. The number of hydrogen-bond acceptors (Lipinski definition) is 5. The standard InChI is InChI=1S/C14H23N3O2S2/c1-2-6-15-8-12-3-4-14(16-9-12)21(18,19)17-10-13-5-7-20-11-13/h3-4,9,13,15,17H,2,5-8,10-11H2,1H3. The quantitative estimate of drug-likeness (QED) is 0.709. The smallest absolute Gasteiger partial charge is 0.258 e. The molecule has 1 aromatic heterocycles. The highest BCUT2D eigenvalue weighted by atomic mass is 32.2. The first-order valence-electron chi connectivity index (χ1n) is 7.35. The van der Waals surface area contributed by atoms with E-state index in [1.54, 1.807) is 12.3 Å². The topological polar surface area (TPSA) is 71.1 Å². The van der Waals surface area contributed by atoms with E-state index in [4.69, 9.17) is 0 Å². The minimum Gasteiger partial charge on any atom is -0.313 e. The molecule has 1 fully saturated rings. The van der Waals surface area contributed by atoms with Crippen molar-refractivity contribution in [3.05, 3.63) is 23.9 Å². The van der Waals surface area contributed by atoms with Crippen molar-refractivity contribution in [2.75, 3.05) is 24.6 Å². The van der Waals surface area contributed by atoms with Gasteiger partial charge in [0.05, 0.1) is 0 Å². The van der Waals surface area contributed by atoms with Gasteiger partial charge in [-0.2, -0.15) is 11.8 Å². The summed E-state index contributed by atoms with van der Waals surface area (Å²) in [5.74, 6) is 2.62. The molecule has 1 saturated heterocycles. The summed E-state index contributed by atoms with van der Waals surface area (Å²) < 4.78 is 27.0. The molecule has 0 radical (unpaired) electrons. The van der Waals surface area contributed by atoms with Crippen molar-refractivity contribution in [3.63, 3.8) is 0 Å². The van der Waals surface area contributed by atoms with Crippen LogP contribution < -0.4 is 10.0 Å². The van der Waals surface area contributed by atoms with Crippen LogP contribution in [0.5, 0.6) is 0 Å². The molecule has 1 aliphatic heterocycles. The van der Waals surface area contributed by atoms with Crippen molar-refractivity contribution in [1.29, 1.82) is 0 Å². The van der Waals surface area contributed by atoms with Crippen LogP contribution in [-0.2, 0) is 16.6 Å². The third kappa shape index (κ3) is 5.25. The van der Waals surface area contributed by atoms with Gasteiger partial charge in [0.1, 0.15) is 0 Å². The van der Waals surface area contributed by atoms with Crippen LogP contribution in [0.25, 0.3) is 0 Å². The zero-order chi connectivity index (χ0) is 15.1. The summed E-state index contributed by atoms with van der Waals surface area (Å²) in [4.78, 5) is 4.08. The molecule has 7 heteroatoms. The van der Waals surface area contributed by atoms with Gasteiger partial charge in [0.25, 0.3) is 10.0 Å². The van der Waals surface area contributed by atoms with Gasteiger partial charge in [-0.05, 0) is 48.4 Å². The van der Waals surface area contributed by atoms with Gasteiger partial charge in [0, 0.05) is 19.3 Å². The number of pyridine rings is 1. The molecule has 21 heavy (non-hydrogen) atoms. The molecule has 0 saturated carbocycles. The fourth-order valence-electron chi connectivity index (χ4n) is 2.13. The van der Waals surface area contributed by atoms with E-state index in [-0.39, 0.29) is 5.03 Å². The number of aromatic nitrogens is 1. The molecular weight excluding hydrogens is 306 g/mol. The molecule has 118 valence electrons. The van der Waals surface area contributed by atoms with Crippen molar-refractivity contribution in [2.24, 2.45) is 5.92 Å². The summed E-state index contributed by atoms with van der Waals surface area (Å²) in [6.07, 6.45) is 3.79. The van der Waals surface area contributed by atoms with E-state index in [1.807, 2.05) is 17.8 Å². The molecule has 1 aliphatic rings. The van der Waals surface area contributed by atoms with Gasteiger partial charge in [0.15, 0.2) is 5.03 Å². The van der Waals surface area contributed by atoms with E-state index in [9.17, 15) is 8.42 Å². The van der Waals surface area contributed by atoms with E-state index >= 15 is 0 Å². The molecule has 0 aliphatic carbocycles. The molecular formula is C14H23N3O2S2. The van der Waals surface area contributed by atoms with Crippen LogP contribution in [0, 0.1) is 5.92 Å². The largest absolute Gasteiger partial charge is 0.313 e. The van der Waals surface area contributed by atoms with Crippen LogP contribution in [-0.4, -0.2) is 38.0 Å². The Morgan fingerprint density at radius 3 is 2.90 bits per heavy atom. The predicted molar refractivity (Wildman–Crippen MR) is 86.9 cm³/mol. The monoisotopic (exact) mass is 329 g/mol. The average molecular weight is 329 g/mol. The number of nitrogens with zero attached hydrogens (tertiary/aromatic N) is 1. The molecule has 1 atom stereocenters. The minimum absolute atomic E-state index is 0.104. The van der Waals surface area contributed by atoms with Gasteiger partial charge in [-0.3, -0.25) is 0 Å². The SMILES string of the molecule is CCCNCc1ccc(S(=O)(=O)NCC2CCSC2)nc1. The predicted octanol–water partition coefficient (Wildman–Crippen LogP) is 1.61. The number of thioether (sulfide) groups is 1. The van der Waals surface area contributed by atoms with E-state index in [2.05, 4.69) is 21.9 Å². The second-order valence-corrected chi connectivity index (χ2v) is 8.13. The molecule has 0 spiro atoms. The third-order valence-corrected chi connectivity index (χ3v) is 5.99. The summed E-state index contributed by atoms with van der Waals surface area (Å²) in [7, 11) is -3.48. The summed E-state index contributed by atoms with van der Waals surface area (Å²) >= 11 is 1.88. The zero-order valence-corrected chi connectivity index (χ0v) is 14.0. The normalized spacial score (nSPS) is 19.0. The Morgan fingerprint density at radius 2 is 2.29 bits per heavy atom. The maximum Gasteiger partial charge on any atom is 0.258 e. The summed E-state index contributed by atoms with van der Waals surface area (Å²) in [6.45, 7) is 4.28. The molecule has 5 nitrogen and oxygen atoms in total.